The quantitative estimate of drug-likeness (QED) is 0.578. The molecule has 0 bridgehead atoms. The van der Waals surface area contributed by atoms with E-state index in [-0.39, 0.29) is 13.2 Å². The summed E-state index contributed by atoms with van der Waals surface area (Å²) >= 11 is 1.52. The van der Waals surface area contributed by atoms with Crippen molar-refractivity contribution in [3.05, 3.63) is 53.0 Å². The molecule has 0 fully saturated rings. The van der Waals surface area contributed by atoms with Gasteiger partial charge in [-0.1, -0.05) is 11.2 Å². The molecule has 28 heavy (non-hydrogen) atoms. The SMILES string of the molecule is COc1ccc(C(=O)NCC(=O)OCc2cc(-c3cccs3)on2)cc1OC. The molecule has 0 aliphatic heterocycles. The van der Waals surface area contributed by atoms with Crippen molar-refractivity contribution in [1.82, 2.24) is 10.5 Å². The van der Waals surface area contributed by atoms with Crippen molar-refractivity contribution in [2.45, 2.75) is 6.61 Å². The minimum atomic E-state index is -0.588. The lowest BCUT2D eigenvalue weighted by Crippen LogP contribution is -2.30. The normalized spacial score (nSPS) is 10.4. The smallest absolute Gasteiger partial charge is 0.325 e. The van der Waals surface area contributed by atoms with E-state index in [1.54, 1.807) is 18.2 Å². The molecule has 8 nitrogen and oxygen atoms in total. The van der Waals surface area contributed by atoms with Crippen LogP contribution in [0.5, 0.6) is 11.5 Å². The largest absolute Gasteiger partial charge is 0.493 e. The average molecular weight is 402 g/mol. The Labute approximate surface area is 165 Å². The molecule has 1 aromatic carbocycles. The molecule has 0 atom stereocenters. The van der Waals surface area contributed by atoms with Crippen LogP contribution in [-0.2, 0) is 16.1 Å². The molecule has 2 aromatic heterocycles. The van der Waals surface area contributed by atoms with Gasteiger partial charge < -0.3 is 24.1 Å². The Bertz CT molecular complexity index is 951. The van der Waals surface area contributed by atoms with Crippen LogP contribution in [0.2, 0.25) is 0 Å². The van der Waals surface area contributed by atoms with Crippen LogP contribution >= 0.6 is 11.3 Å². The second-order valence-corrected chi connectivity index (χ2v) is 6.52. The number of nitrogens with zero attached hydrogens (tertiary/aromatic N) is 1. The van der Waals surface area contributed by atoms with Gasteiger partial charge in [-0.25, -0.2) is 0 Å². The summed E-state index contributed by atoms with van der Waals surface area (Å²) in [4.78, 5) is 25.0. The highest BCUT2D eigenvalue weighted by atomic mass is 32.1. The molecule has 3 aromatic rings. The van der Waals surface area contributed by atoms with Gasteiger partial charge in [-0.2, -0.15) is 0 Å². The lowest BCUT2D eigenvalue weighted by molar-refractivity contribution is -0.143. The molecule has 1 amide bonds. The van der Waals surface area contributed by atoms with E-state index in [0.717, 1.165) is 4.88 Å². The molecular weight excluding hydrogens is 384 g/mol. The van der Waals surface area contributed by atoms with Crippen LogP contribution in [0, 0.1) is 0 Å². The maximum Gasteiger partial charge on any atom is 0.325 e. The third-order valence-corrected chi connectivity index (χ3v) is 4.63. The van der Waals surface area contributed by atoms with E-state index >= 15 is 0 Å². The number of nitrogens with one attached hydrogen (secondary N) is 1. The van der Waals surface area contributed by atoms with Gasteiger partial charge in [0, 0.05) is 11.6 Å². The molecule has 0 unspecified atom stereocenters. The van der Waals surface area contributed by atoms with Crippen molar-refractivity contribution in [3.8, 4) is 22.1 Å². The first-order valence-electron chi connectivity index (χ1n) is 8.26. The van der Waals surface area contributed by atoms with Crippen molar-refractivity contribution in [2.75, 3.05) is 20.8 Å². The van der Waals surface area contributed by atoms with Gasteiger partial charge in [0.2, 0.25) is 0 Å². The second-order valence-electron chi connectivity index (χ2n) is 5.57. The number of carbonyl (C=O) groups excluding carboxylic acids is 2. The molecule has 0 saturated carbocycles. The van der Waals surface area contributed by atoms with Crippen LogP contribution in [-0.4, -0.2) is 37.8 Å². The summed E-state index contributed by atoms with van der Waals surface area (Å²) in [6, 6.07) is 10.2. The predicted octanol–water partition coefficient (Wildman–Crippen LogP) is 2.89. The maximum atomic E-state index is 12.2. The van der Waals surface area contributed by atoms with E-state index in [0.29, 0.717) is 28.5 Å². The molecule has 1 N–H and O–H groups in total. The first kappa shape index (κ1) is 19.4. The van der Waals surface area contributed by atoms with Gasteiger partial charge in [-0.05, 0) is 29.6 Å². The van der Waals surface area contributed by atoms with Crippen LogP contribution < -0.4 is 14.8 Å². The number of aromatic nitrogens is 1. The maximum absolute atomic E-state index is 12.2. The fourth-order valence-corrected chi connectivity index (χ4v) is 3.03. The average Bonchev–Trinajstić information content (AvgIpc) is 3.41. The second kappa shape index (κ2) is 9.05. The van der Waals surface area contributed by atoms with Crippen LogP contribution in [0.4, 0.5) is 0 Å². The number of carbonyl (C=O) groups is 2. The Morgan fingerprint density at radius 3 is 2.68 bits per heavy atom. The summed E-state index contributed by atoms with van der Waals surface area (Å²) in [5.74, 6) is 0.523. The van der Waals surface area contributed by atoms with Gasteiger partial charge in [0.1, 0.15) is 18.8 Å². The van der Waals surface area contributed by atoms with Crippen LogP contribution in [0.25, 0.3) is 10.6 Å². The minimum Gasteiger partial charge on any atom is -0.493 e. The Kier molecular flexibility index (Phi) is 6.28. The van der Waals surface area contributed by atoms with E-state index < -0.39 is 11.9 Å². The number of hydrogen-bond donors (Lipinski definition) is 1. The minimum absolute atomic E-state index is 0.0417. The van der Waals surface area contributed by atoms with Crippen molar-refractivity contribution in [2.24, 2.45) is 0 Å². The highest BCUT2D eigenvalue weighted by molar-refractivity contribution is 7.13. The van der Waals surface area contributed by atoms with Crippen molar-refractivity contribution < 1.29 is 28.3 Å². The first-order valence-corrected chi connectivity index (χ1v) is 9.14. The van der Waals surface area contributed by atoms with E-state index in [1.807, 2.05) is 17.5 Å². The Morgan fingerprint density at radius 1 is 1.14 bits per heavy atom. The molecule has 146 valence electrons. The van der Waals surface area contributed by atoms with Crippen LogP contribution in [0.1, 0.15) is 16.1 Å². The Balaban J connectivity index is 1.48. The lowest BCUT2D eigenvalue weighted by Gasteiger charge is -2.09. The van der Waals surface area contributed by atoms with Gasteiger partial charge >= 0.3 is 5.97 Å². The van der Waals surface area contributed by atoms with Crippen molar-refractivity contribution in [3.63, 3.8) is 0 Å². The number of esters is 1. The standard InChI is InChI=1S/C19H18N2O6S/c1-24-14-6-5-12(8-15(14)25-2)19(23)20-10-18(22)26-11-13-9-16(27-21-13)17-4-3-7-28-17/h3-9H,10-11H2,1-2H3,(H,20,23). The zero-order valence-electron chi connectivity index (χ0n) is 15.3. The number of ether oxygens (including phenoxy) is 3. The summed E-state index contributed by atoms with van der Waals surface area (Å²) in [6.45, 7) is -0.317. The summed E-state index contributed by atoms with van der Waals surface area (Å²) in [5.41, 5.74) is 0.825. The molecule has 9 heteroatoms. The van der Waals surface area contributed by atoms with Gasteiger partial charge in [0.05, 0.1) is 19.1 Å². The Morgan fingerprint density at radius 2 is 1.96 bits per heavy atom. The Hall–Kier alpha value is -3.33. The van der Waals surface area contributed by atoms with E-state index in [1.165, 1.54) is 31.6 Å². The zero-order valence-corrected chi connectivity index (χ0v) is 16.1. The topological polar surface area (TPSA) is 99.9 Å². The molecule has 0 spiro atoms. The summed E-state index contributed by atoms with van der Waals surface area (Å²) in [5, 5.41) is 8.29. The predicted molar refractivity (Wildman–Crippen MR) is 101 cm³/mol. The first-order chi connectivity index (χ1) is 13.6. The molecule has 3 rings (SSSR count). The highest BCUT2D eigenvalue weighted by Crippen LogP contribution is 2.27. The molecule has 0 aliphatic rings. The van der Waals surface area contributed by atoms with Crippen LogP contribution in [0.15, 0.2) is 46.3 Å². The van der Waals surface area contributed by atoms with Gasteiger partial charge in [0.15, 0.2) is 17.3 Å². The number of methoxy groups -OCH3 is 2. The monoisotopic (exact) mass is 402 g/mol. The molecular formula is C19H18N2O6S. The fraction of sp³-hybridized carbons (Fsp3) is 0.211. The molecule has 0 aliphatic carbocycles. The summed E-state index contributed by atoms with van der Waals surface area (Å²) < 4.78 is 20.6. The highest BCUT2D eigenvalue weighted by Gasteiger charge is 2.14. The third-order valence-electron chi connectivity index (χ3n) is 3.74. The van der Waals surface area contributed by atoms with Gasteiger partial charge in [-0.3, -0.25) is 9.59 Å². The molecule has 0 saturated heterocycles. The number of thiophene rings is 1. The number of hydrogen-bond acceptors (Lipinski definition) is 8. The summed E-state index contributed by atoms with van der Waals surface area (Å²) in [6.07, 6.45) is 0. The van der Waals surface area contributed by atoms with Crippen molar-refractivity contribution >= 4 is 23.2 Å². The lowest BCUT2D eigenvalue weighted by atomic mass is 10.2. The number of benzene rings is 1. The summed E-state index contributed by atoms with van der Waals surface area (Å²) in [7, 11) is 2.98. The number of amides is 1. The van der Waals surface area contributed by atoms with Gasteiger partial charge in [0.25, 0.3) is 5.91 Å². The van der Waals surface area contributed by atoms with Crippen molar-refractivity contribution in [1.29, 1.82) is 0 Å². The molecule has 0 radical (unpaired) electrons. The number of rotatable bonds is 8. The fourth-order valence-electron chi connectivity index (χ4n) is 2.35. The van der Waals surface area contributed by atoms with E-state index in [4.69, 9.17) is 18.7 Å². The van der Waals surface area contributed by atoms with Crippen LogP contribution in [0.3, 0.4) is 0 Å². The van der Waals surface area contributed by atoms with E-state index in [9.17, 15) is 9.59 Å². The molecule has 2 heterocycles. The van der Waals surface area contributed by atoms with Gasteiger partial charge in [-0.15, -0.1) is 11.3 Å². The third kappa shape index (κ3) is 4.68. The zero-order chi connectivity index (χ0) is 19.9. The van der Waals surface area contributed by atoms with E-state index in [2.05, 4.69) is 10.5 Å².